The van der Waals surface area contributed by atoms with Crippen LogP contribution in [0.2, 0.25) is 5.02 Å². The molecule has 1 N–H and O–H groups in total. The number of amides is 2. The van der Waals surface area contributed by atoms with E-state index in [9.17, 15) is 18.0 Å². The summed E-state index contributed by atoms with van der Waals surface area (Å²) in [5.74, 6) is -0.781. The Morgan fingerprint density at radius 3 is 2.05 bits per heavy atom. The average Bonchev–Trinajstić information content (AvgIpc) is 2.90. The number of hydrogen-bond acceptors (Lipinski definition) is 4. The van der Waals surface area contributed by atoms with Crippen molar-refractivity contribution < 1.29 is 18.0 Å². The number of hydrogen-bond donors (Lipinski definition) is 1. The van der Waals surface area contributed by atoms with Gasteiger partial charge < -0.3 is 10.2 Å². The lowest BCUT2D eigenvalue weighted by molar-refractivity contribution is -0.140. The van der Waals surface area contributed by atoms with Crippen LogP contribution in [0.3, 0.4) is 0 Å². The second-order valence-electron chi connectivity index (χ2n) is 9.53. The highest BCUT2D eigenvalue weighted by atomic mass is 35.5. The van der Waals surface area contributed by atoms with Gasteiger partial charge in [0, 0.05) is 18.1 Å². The van der Waals surface area contributed by atoms with E-state index < -0.39 is 28.5 Å². The molecule has 0 unspecified atom stereocenters. The maximum absolute atomic E-state index is 14.0. The summed E-state index contributed by atoms with van der Waals surface area (Å²) in [6.07, 6.45) is 0.365. The Kier molecular flexibility index (Phi) is 10.2. The van der Waals surface area contributed by atoms with Crippen LogP contribution in [0.5, 0.6) is 0 Å². The minimum atomic E-state index is -4.15. The van der Waals surface area contributed by atoms with Gasteiger partial charge in [-0.2, -0.15) is 0 Å². The fourth-order valence-electron chi connectivity index (χ4n) is 4.32. The molecule has 0 aliphatic heterocycles. The molecule has 1 atom stereocenters. The smallest absolute Gasteiger partial charge is 0.264 e. The molecule has 3 aromatic rings. The number of nitrogens with one attached hydrogen (secondary N) is 1. The standard InChI is InChI=1S/C30H36ClN3O4S/c1-6-27(30(36)32-7-2)33(19-24-15-11-21(3)12-16-24)29(35)20-34(28-10-8-9-26(31)23(28)5)39(37,38)25-17-13-22(4)14-18-25/h8-18,27H,6-7,19-20H2,1-5H3,(H,32,36)/t27-/m1/s1. The summed E-state index contributed by atoms with van der Waals surface area (Å²) in [6, 6.07) is 18.3. The van der Waals surface area contributed by atoms with Crippen LogP contribution in [0.15, 0.2) is 71.6 Å². The third-order valence-electron chi connectivity index (χ3n) is 6.61. The van der Waals surface area contributed by atoms with E-state index in [0.29, 0.717) is 29.2 Å². The molecule has 3 aromatic carbocycles. The molecule has 0 aliphatic rings. The number of sulfonamides is 1. The van der Waals surface area contributed by atoms with Gasteiger partial charge in [-0.15, -0.1) is 0 Å². The van der Waals surface area contributed by atoms with E-state index in [4.69, 9.17) is 11.6 Å². The molecule has 0 aromatic heterocycles. The van der Waals surface area contributed by atoms with Gasteiger partial charge in [0.2, 0.25) is 11.8 Å². The number of rotatable bonds is 11. The number of likely N-dealkylation sites (N-methyl/N-ethyl adjacent to an activating group) is 1. The van der Waals surface area contributed by atoms with Crippen molar-refractivity contribution in [3.8, 4) is 0 Å². The zero-order chi connectivity index (χ0) is 28.7. The molecule has 3 rings (SSSR count). The van der Waals surface area contributed by atoms with Crippen LogP contribution in [0, 0.1) is 20.8 Å². The molecule has 0 radical (unpaired) electrons. The molecule has 0 fully saturated rings. The monoisotopic (exact) mass is 569 g/mol. The third kappa shape index (κ3) is 7.19. The maximum Gasteiger partial charge on any atom is 0.264 e. The average molecular weight is 570 g/mol. The fourth-order valence-corrected chi connectivity index (χ4v) is 5.96. The summed E-state index contributed by atoms with van der Waals surface area (Å²) in [6.45, 7) is 9.27. The summed E-state index contributed by atoms with van der Waals surface area (Å²) < 4.78 is 29.0. The summed E-state index contributed by atoms with van der Waals surface area (Å²) in [7, 11) is -4.15. The first kappa shape index (κ1) is 30.2. The molecule has 0 bridgehead atoms. The minimum absolute atomic E-state index is 0.0566. The van der Waals surface area contributed by atoms with E-state index in [0.717, 1.165) is 21.0 Å². The fraction of sp³-hybridized carbons (Fsp3) is 0.333. The molecule has 208 valence electrons. The summed E-state index contributed by atoms with van der Waals surface area (Å²) >= 11 is 6.37. The molecule has 2 amide bonds. The summed E-state index contributed by atoms with van der Waals surface area (Å²) in [5, 5.41) is 3.19. The van der Waals surface area contributed by atoms with Gasteiger partial charge in [0.05, 0.1) is 10.6 Å². The van der Waals surface area contributed by atoms with E-state index in [1.54, 1.807) is 37.3 Å². The van der Waals surface area contributed by atoms with Gasteiger partial charge in [-0.25, -0.2) is 8.42 Å². The van der Waals surface area contributed by atoms with Crippen molar-refractivity contribution >= 4 is 39.1 Å². The highest BCUT2D eigenvalue weighted by Gasteiger charge is 2.34. The highest BCUT2D eigenvalue weighted by Crippen LogP contribution is 2.31. The second-order valence-corrected chi connectivity index (χ2v) is 11.8. The minimum Gasteiger partial charge on any atom is -0.355 e. The SMILES string of the molecule is CCNC(=O)[C@@H](CC)N(Cc1ccc(C)cc1)C(=O)CN(c1cccc(Cl)c1C)S(=O)(=O)c1ccc(C)cc1. The van der Waals surface area contributed by atoms with E-state index in [1.165, 1.54) is 17.0 Å². The van der Waals surface area contributed by atoms with Crippen LogP contribution in [-0.4, -0.2) is 44.3 Å². The van der Waals surface area contributed by atoms with Gasteiger partial charge in [-0.05, 0) is 69.5 Å². The number of aryl methyl sites for hydroxylation is 2. The van der Waals surface area contributed by atoms with E-state index in [2.05, 4.69) is 5.32 Å². The van der Waals surface area contributed by atoms with Crippen molar-refractivity contribution in [3.05, 3.63) is 94.0 Å². The van der Waals surface area contributed by atoms with E-state index in [1.807, 2.05) is 52.0 Å². The first-order valence-electron chi connectivity index (χ1n) is 13.0. The van der Waals surface area contributed by atoms with Crippen LogP contribution in [-0.2, 0) is 26.2 Å². The second kappa shape index (κ2) is 13.1. The normalized spacial score (nSPS) is 12.1. The molecule has 9 heteroatoms. The Morgan fingerprint density at radius 1 is 0.897 bits per heavy atom. The Morgan fingerprint density at radius 2 is 1.49 bits per heavy atom. The Labute approximate surface area is 236 Å². The number of carbonyl (C=O) groups is 2. The Hall–Kier alpha value is -3.36. The van der Waals surface area contributed by atoms with Crippen LogP contribution in [0.4, 0.5) is 5.69 Å². The van der Waals surface area contributed by atoms with Gasteiger partial charge >= 0.3 is 0 Å². The Balaban J connectivity index is 2.10. The van der Waals surface area contributed by atoms with Crippen molar-refractivity contribution in [1.29, 1.82) is 0 Å². The molecule has 39 heavy (non-hydrogen) atoms. The number of nitrogens with zero attached hydrogens (tertiary/aromatic N) is 2. The number of anilines is 1. The van der Waals surface area contributed by atoms with Crippen LogP contribution in [0.25, 0.3) is 0 Å². The molecule has 0 aliphatic carbocycles. The highest BCUT2D eigenvalue weighted by molar-refractivity contribution is 7.92. The van der Waals surface area contributed by atoms with E-state index >= 15 is 0 Å². The van der Waals surface area contributed by atoms with E-state index in [-0.39, 0.29) is 17.3 Å². The first-order valence-corrected chi connectivity index (χ1v) is 14.8. The zero-order valence-electron chi connectivity index (χ0n) is 23.1. The maximum atomic E-state index is 14.0. The Bertz CT molecular complexity index is 1410. The van der Waals surface area contributed by atoms with Crippen LogP contribution < -0.4 is 9.62 Å². The molecule has 0 spiro atoms. The van der Waals surface area contributed by atoms with Crippen LogP contribution >= 0.6 is 11.6 Å². The largest absolute Gasteiger partial charge is 0.355 e. The molecule has 0 heterocycles. The summed E-state index contributed by atoms with van der Waals surface area (Å²) in [4.78, 5) is 28.6. The quantitative estimate of drug-likeness (QED) is 0.335. The molecule has 0 saturated heterocycles. The molecular weight excluding hydrogens is 534 g/mol. The number of benzene rings is 3. The molecular formula is C30H36ClN3O4S. The zero-order valence-corrected chi connectivity index (χ0v) is 24.6. The van der Waals surface area contributed by atoms with Gasteiger partial charge in [-0.1, -0.05) is 72.1 Å². The summed E-state index contributed by atoms with van der Waals surface area (Å²) in [5.41, 5.74) is 3.65. The van der Waals surface area contributed by atoms with Crippen molar-refractivity contribution in [2.45, 2.75) is 58.5 Å². The topological polar surface area (TPSA) is 86.8 Å². The lowest BCUT2D eigenvalue weighted by Crippen LogP contribution is -2.52. The predicted octanol–water partition coefficient (Wildman–Crippen LogP) is 5.40. The van der Waals surface area contributed by atoms with Crippen molar-refractivity contribution in [3.63, 3.8) is 0 Å². The molecule has 0 saturated carbocycles. The number of carbonyl (C=O) groups excluding carboxylic acids is 2. The van der Waals surface area contributed by atoms with Gasteiger partial charge in [0.15, 0.2) is 0 Å². The lowest BCUT2D eigenvalue weighted by Gasteiger charge is -2.33. The van der Waals surface area contributed by atoms with Crippen molar-refractivity contribution in [2.75, 3.05) is 17.4 Å². The van der Waals surface area contributed by atoms with Gasteiger partial charge in [0.1, 0.15) is 12.6 Å². The van der Waals surface area contributed by atoms with Crippen molar-refractivity contribution in [2.24, 2.45) is 0 Å². The van der Waals surface area contributed by atoms with Crippen LogP contribution in [0.1, 0.15) is 42.5 Å². The third-order valence-corrected chi connectivity index (χ3v) is 8.79. The molecule has 7 nitrogen and oxygen atoms in total. The predicted molar refractivity (Wildman–Crippen MR) is 156 cm³/mol. The van der Waals surface area contributed by atoms with Gasteiger partial charge in [0.25, 0.3) is 10.0 Å². The first-order chi connectivity index (χ1) is 18.5. The van der Waals surface area contributed by atoms with Gasteiger partial charge in [-0.3, -0.25) is 13.9 Å². The van der Waals surface area contributed by atoms with Crippen molar-refractivity contribution in [1.82, 2.24) is 10.2 Å². The lowest BCUT2D eigenvalue weighted by atomic mass is 10.1. The number of halogens is 1.